The van der Waals surface area contributed by atoms with Gasteiger partial charge in [0, 0.05) is 11.6 Å². The molecule has 2 rings (SSSR count). The minimum atomic E-state index is -3.67. The lowest BCUT2D eigenvalue weighted by atomic mass is 10.1. The molecule has 140 valence electrons. The van der Waals surface area contributed by atoms with E-state index in [4.69, 9.17) is 11.6 Å². The predicted octanol–water partition coefficient (Wildman–Crippen LogP) is 3.43. The lowest BCUT2D eigenvalue weighted by molar-refractivity contribution is -0.122. The van der Waals surface area contributed by atoms with Gasteiger partial charge in [-0.05, 0) is 44.0 Å². The molecule has 26 heavy (non-hydrogen) atoms. The number of anilines is 1. The van der Waals surface area contributed by atoms with Gasteiger partial charge >= 0.3 is 0 Å². The number of nitrogens with one attached hydrogen (secondary N) is 1. The summed E-state index contributed by atoms with van der Waals surface area (Å²) in [4.78, 5) is 12.5. The highest BCUT2D eigenvalue weighted by molar-refractivity contribution is 7.92. The van der Waals surface area contributed by atoms with Crippen molar-refractivity contribution in [2.45, 2.75) is 33.4 Å². The van der Waals surface area contributed by atoms with Crippen LogP contribution < -0.4 is 9.62 Å². The summed E-state index contributed by atoms with van der Waals surface area (Å²) in [5.41, 5.74) is 3.27. The average Bonchev–Trinajstić information content (AvgIpc) is 2.56. The van der Waals surface area contributed by atoms with Gasteiger partial charge in [0.25, 0.3) is 0 Å². The third-order valence-electron chi connectivity index (χ3n) is 4.09. The van der Waals surface area contributed by atoms with Crippen molar-refractivity contribution >= 4 is 33.2 Å². The first-order valence-electron chi connectivity index (χ1n) is 8.18. The third-order valence-corrected chi connectivity index (χ3v) is 5.73. The van der Waals surface area contributed by atoms with Gasteiger partial charge in [-0.2, -0.15) is 0 Å². The number of halogens is 1. The molecule has 0 saturated heterocycles. The molecule has 0 aromatic heterocycles. The van der Waals surface area contributed by atoms with Crippen LogP contribution in [0.25, 0.3) is 0 Å². The van der Waals surface area contributed by atoms with E-state index in [0.29, 0.717) is 17.3 Å². The number of hydrogen-bond acceptors (Lipinski definition) is 3. The zero-order chi connectivity index (χ0) is 19.5. The second-order valence-corrected chi connectivity index (χ2v) is 8.64. The first-order valence-corrected chi connectivity index (χ1v) is 10.4. The zero-order valence-electron chi connectivity index (χ0n) is 15.3. The monoisotopic (exact) mass is 394 g/mol. The predicted molar refractivity (Wildman–Crippen MR) is 106 cm³/mol. The average molecular weight is 395 g/mol. The minimum absolute atomic E-state index is 0.329. The van der Waals surface area contributed by atoms with E-state index >= 15 is 0 Å². The first-order chi connectivity index (χ1) is 12.1. The van der Waals surface area contributed by atoms with Gasteiger partial charge < -0.3 is 5.32 Å². The van der Waals surface area contributed by atoms with Gasteiger partial charge in [0.15, 0.2) is 0 Å². The van der Waals surface area contributed by atoms with E-state index in [0.717, 1.165) is 27.3 Å². The number of amides is 1. The van der Waals surface area contributed by atoms with Crippen molar-refractivity contribution in [2.24, 2.45) is 0 Å². The van der Waals surface area contributed by atoms with Gasteiger partial charge in [0.1, 0.15) is 6.04 Å². The highest BCUT2D eigenvalue weighted by atomic mass is 35.5. The van der Waals surface area contributed by atoms with Crippen LogP contribution in [0.15, 0.2) is 42.5 Å². The van der Waals surface area contributed by atoms with Gasteiger partial charge in [-0.1, -0.05) is 47.5 Å². The quantitative estimate of drug-likeness (QED) is 0.816. The first kappa shape index (κ1) is 20.3. The summed E-state index contributed by atoms with van der Waals surface area (Å²) < 4.78 is 25.7. The molecule has 0 bridgehead atoms. The van der Waals surface area contributed by atoms with Crippen molar-refractivity contribution in [3.05, 3.63) is 64.2 Å². The second-order valence-electron chi connectivity index (χ2n) is 6.37. The lowest BCUT2D eigenvalue weighted by Crippen LogP contribution is -2.47. The molecule has 0 aliphatic rings. The van der Waals surface area contributed by atoms with Crippen molar-refractivity contribution < 1.29 is 13.2 Å². The third kappa shape index (κ3) is 4.99. The zero-order valence-corrected chi connectivity index (χ0v) is 16.9. The summed E-state index contributed by atoms with van der Waals surface area (Å²) in [7, 11) is -3.67. The molecule has 0 unspecified atom stereocenters. The number of aryl methyl sites for hydroxylation is 2. The summed E-state index contributed by atoms with van der Waals surface area (Å²) >= 11 is 6.12. The van der Waals surface area contributed by atoms with Gasteiger partial charge in [-0.3, -0.25) is 9.10 Å². The number of carbonyl (C=O) groups excluding carboxylic acids is 1. The van der Waals surface area contributed by atoms with Gasteiger partial charge in [0.2, 0.25) is 15.9 Å². The molecule has 2 aromatic rings. The van der Waals surface area contributed by atoms with Crippen LogP contribution in [0, 0.1) is 13.8 Å². The normalized spacial score (nSPS) is 12.5. The topological polar surface area (TPSA) is 66.5 Å². The standard InChI is InChI=1S/C19H23ClN2O3S/c1-13-5-8-16(9-6-13)12-21-19(23)15(3)22(26(4,24)25)17-10-7-14(2)18(20)11-17/h5-11,15H,12H2,1-4H3,(H,21,23)/t15-/m0/s1. The minimum Gasteiger partial charge on any atom is -0.350 e. The van der Waals surface area contributed by atoms with Gasteiger partial charge in [0.05, 0.1) is 11.9 Å². The summed E-state index contributed by atoms with van der Waals surface area (Å²) in [6.45, 7) is 5.70. The molecule has 7 heteroatoms. The molecule has 0 radical (unpaired) electrons. The van der Waals surface area contributed by atoms with Crippen LogP contribution in [0.2, 0.25) is 5.02 Å². The lowest BCUT2D eigenvalue weighted by Gasteiger charge is -2.28. The van der Waals surface area contributed by atoms with Crippen LogP contribution in [0.3, 0.4) is 0 Å². The number of benzene rings is 2. The number of hydrogen-bond donors (Lipinski definition) is 1. The maximum Gasteiger partial charge on any atom is 0.243 e. The maximum absolute atomic E-state index is 12.5. The van der Waals surface area contributed by atoms with Crippen molar-refractivity contribution in [3.8, 4) is 0 Å². The Morgan fingerprint density at radius 2 is 1.77 bits per heavy atom. The number of nitrogens with zero attached hydrogens (tertiary/aromatic N) is 1. The molecular weight excluding hydrogens is 372 g/mol. The summed E-state index contributed by atoms with van der Waals surface area (Å²) in [6.07, 6.45) is 1.07. The van der Waals surface area contributed by atoms with E-state index < -0.39 is 16.1 Å². The number of carbonyl (C=O) groups is 1. The molecule has 0 aliphatic heterocycles. The molecule has 0 heterocycles. The van der Waals surface area contributed by atoms with Crippen LogP contribution in [0.5, 0.6) is 0 Å². The number of sulfonamides is 1. The van der Waals surface area contributed by atoms with Crippen LogP contribution in [-0.2, 0) is 21.4 Å². The second kappa shape index (κ2) is 8.10. The van der Waals surface area contributed by atoms with E-state index in [2.05, 4.69) is 5.32 Å². The highest BCUT2D eigenvalue weighted by Crippen LogP contribution is 2.26. The Hall–Kier alpha value is -2.05. The number of rotatable bonds is 6. The fraction of sp³-hybridized carbons (Fsp3) is 0.316. The molecule has 0 aliphatic carbocycles. The SMILES string of the molecule is Cc1ccc(CNC(=O)[C@H](C)N(c2ccc(C)c(Cl)c2)S(C)(=O)=O)cc1. The summed E-state index contributed by atoms with van der Waals surface area (Å²) in [5, 5.41) is 3.24. The van der Waals surface area contributed by atoms with E-state index in [9.17, 15) is 13.2 Å². The van der Waals surface area contributed by atoms with Crippen LogP contribution in [0.4, 0.5) is 5.69 Å². The molecule has 2 aromatic carbocycles. The maximum atomic E-state index is 12.5. The summed E-state index contributed by atoms with van der Waals surface area (Å²) in [6, 6.07) is 11.8. The Bertz CT molecular complexity index is 896. The molecule has 0 saturated carbocycles. The Balaban J connectivity index is 2.20. The molecular formula is C19H23ClN2O3S. The van der Waals surface area contributed by atoms with Crippen molar-refractivity contribution in [1.29, 1.82) is 0 Å². The Kier molecular flexibility index (Phi) is 6.31. The van der Waals surface area contributed by atoms with Crippen molar-refractivity contribution in [2.75, 3.05) is 10.6 Å². The van der Waals surface area contributed by atoms with Crippen LogP contribution in [0.1, 0.15) is 23.6 Å². The van der Waals surface area contributed by atoms with Crippen molar-refractivity contribution in [1.82, 2.24) is 5.32 Å². The fourth-order valence-corrected chi connectivity index (χ4v) is 3.91. The van der Waals surface area contributed by atoms with Crippen molar-refractivity contribution in [3.63, 3.8) is 0 Å². The molecule has 1 N–H and O–H groups in total. The molecule has 0 spiro atoms. The van der Waals surface area contributed by atoms with Gasteiger partial charge in [-0.15, -0.1) is 0 Å². The largest absolute Gasteiger partial charge is 0.350 e. The van der Waals surface area contributed by atoms with Crippen LogP contribution >= 0.6 is 11.6 Å². The molecule has 1 atom stereocenters. The molecule has 0 fully saturated rings. The summed E-state index contributed by atoms with van der Waals surface area (Å²) in [5.74, 6) is -0.382. The Morgan fingerprint density at radius 3 is 2.31 bits per heavy atom. The van der Waals surface area contributed by atoms with E-state index in [-0.39, 0.29) is 5.91 Å². The van der Waals surface area contributed by atoms with E-state index in [1.807, 2.05) is 38.1 Å². The van der Waals surface area contributed by atoms with Gasteiger partial charge in [-0.25, -0.2) is 8.42 Å². The Labute approximate surface area is 160 Å². The van der Waals surface area contributed by atoms with E-state index in [1.54, 1.807) is 25.1 Å². The highest BCUT2D eigenvalue weighted by Gasteiger charge is 2.29. The van der Waals surface area contributed by atoms with Crippen LogP contribution in [-0.4, -0.2) is 26.6 Å². The Morgan fingerprint density at radius 1 is 1.15 bits per heavy atom. The smallest absolute Gasteiger partial charge is 0.243 e. The molecule has 5 nitrogen and oxygen atoms in total. The fourth-order valence-electron chi connectivity index (χ4n) is 2.57. The van der Waals surface area contributed by atoms with E-state index in [1.165, 1.54) is 0 Å². The molecule has 1 amide bonds.